The number of carbonyl (C=O) groups is 4. The summed E-state index contributed by atoms with van der Waals surface area (Å²) in [5.74, 6) is -2.09. The molecular formula is C31H46O5. The highest BCUT2D eigenvalue weighted by Gasteiger charge is 2.59. The first kappa shape index (κ1) is 29.9. The summed E-state index contributed by atoms with van der Waals surface area (Å²) in [6.07, 6.45) is 3.82. The van der Waals surface area contributed by atoms with Crippen LogP contribution in [0, 0.1) is 35.0 Å². The maximum absolute atomic E-state index is 14.1. The summed E-state index contributed by atoms with van der Waals surface area (Å²) in [4.78, 5) is 55.2. The Hall–Kier alpha value is -2.30. The average molecular weight is 499 g/mol. The lowest BCUT2D eigenvalue weighted by molar-refractivity contribution is -0.160. The molecular weight excluding hydrogens is 452 g/mol. The van der Waals surface area contributed by atoms with E-state index in [2.05, 4.69) is 41.5 Å². The Labute approximate surface area is 217 Å². The van der Waals surface area contributed by atoms with Gasteiger partial charge in [0.1, 0.15) is 11.7 Å². The molecule has 36 heavy (non-hydrogen) atoms. The molecule has 1 aliphatic rings. The first-order valence-electron chi connectivity index (χ1n) is 13.7. The summed E-state index contributed by atoms with van der Waals surface area (Å²) in [7, 11) is 1.58. The lowest BCUT2D eigenvalue weighted by Crippen LogP contribution is -2.58. The van der Waals surface area contributed by atoms with Crippen LogP contribution in [-0.4, -0.2) is 30.2 Å². The predicted molar refractivity (Wildman–Crippen MR) is 143 cm³/mol. The van der Waals surface area contributed by atoms with Crippen LogP contribution < -0.4 is 4.74 Å². The first-order chi connectivity index (χ1) is 16.9. The summed E-state index contributed by atoms with van der Waals surface area (Å²) in [5, 5.41) is 0. The van der Waals surface area contributed by atoms with E-state index >= 15 is 0 Å². The van der Waals surface area contributed by atoms with Gasteiger partial charge in [0.25, 0.3) is 0 Å². The van der Waals surface area contributed by atoms with Gasteiger partial charge in [-0.2, -0.15) is 0 Å². The second kappa shape index (κ2) is 13.3. The smallest absolute Gasteiger partial charge is 0.164 e. The monoisotopic (exact) mass is 498 g/mol. The third-order valence-electron chi connectivity index (χ3n) is 7.63. The van der Waals surface area contributed by atoms with E-state index in [4.69, 9.17) is 4.74 Å². The summed E-state index contributed by atoms with van der Waals surface area (Å²) < 4.78 is 5.40. The SMILES string of the molecule is COc1ccccc1CCC(=O)C1C(=O)C(CCC(C)C)C(=O)C(CCC(C)C)(CCC(C)C)C1=O. The number of hydrogen-bond acceptors (Lipinski definition) is 5. The van der Waals surface area contributed by atoms with Crippen LogP contribution in [0.2, 0.25) is 0 Å². The highest BCUT2D eigenvalue weighted by molar-refractivity contribution is 6.33. The van der Waals surface area contributed by atoms with Crippen molar-refractivity contribution < 1.29 is 23.9 Å². The molecule has 0 bridgehead atoms. The Morgan fingerprint density at radius 2 is 1.42 bits per heavy atom. The van der Waals surface area contributed by atoms with Crippen molar-refractivity contribution in [1.29, 1.82) is 0 Å². The third-order valence-corrected chi connectivity index (χ3v) is 7.63. The van der Waals surface area contributed by atoms with Crippen molar-refractivity contribution in [3.8, 4) is 5.75 Å². The molecule has 5 heteroatoms. The number of rotatable bonds is 14. The van der Waals surface area contributed by atoms with Crippen LogP contribution in [0.15, 0.2) is 24.3 Å². The molecule has 0 heterocycles. The van der Waals surface area contributed by atoms with Crippen LogP contribution in [-0.2, 0) is 25.6 Å². The van der Waals surface area contributed by atoms with E-state index in [9.17, 15) is 19.2 Å². The van der Waals surface area contributed by atoms with E-state index in [1.807, 2.05) is 24.3 Å². The topological polar surface area (TPSA) is 77.5 Å². The zero-order valence-corrected chi connectivity index (χ0v) is 23.4. The molecule has 200 valence electrons. The fourth-order valence-electron chi connectivity index (χ4n) is 5.27. The van der Waals surface area contributed by atoms with Crippen LogP contribution in [0.3, 0.4) is 0 Å². The zero-order chi connectivity index (χ0) is 27.0. The minimum absolute atomic E-state index is 0.0675. The Morgan fingerprint density at radius 1 is 0.861 bits per heavy atom. The maximum atomic E-state index is 14.1. The van der Waals surface area contributed by atoms with E-state index in [1.165, 1.54) is 0 Å². The number of para-hydroxylation sites is 1. The molecule has 0 aromatic heterocycles. The van der Waals surface area contributed by atoms with Crippen molar-refractivity contribution in [1.82, 2.24) is 0 Å². The summed E-state index contributed by atoms with van der Waals surface area (Å²) >= 11 is 0. The van der Waals surface area contributed by atoms with Crippen molar-refractivity contribution in [2.45, 2.75) is 92.9 Å². The highest BCUT2D eigenvalue weighted by atomic mass is 16.5. The number of benzene rings is 1. The molecule has 0 amide bonds. The van der Waals surface area contributed by atoms with Crippen LogP contribution in [0.4, 0.5) is 0 Å². The van der Waals surface area contributed by atoms with Gasteiger partial charge in [-0.1, -0.05) is 59.7 Å². The molecule has 2 atom stereocenters. The Morgan fingerprint density at radius 3 is 1.94 bits per heavy atom. The Kier molecular flexibility index (Phi) is 11.1. The average Bonchev–Trinajstić information content (AvgIpc) is 2.82. The van der Waals surface area contributed by atoms with Crippen LogP contribution in [0.25, 0.3) is 0 Å². The van der Waals surface area contributed by atoms with Gasteiger partial charge in [-0.15, -0.1) is 0 Å². The van der Waals surface area contributed by atoms with Gasteiger partial charge in [-0.05, 0) is 74.3 Å². The lowest BCUT2D eigenvalue weighted by Gasteiger charge is -2.41. The molecule has 0 N–H and O–H groups in total. The molecule has 2 rings (SSSR count). The molecule has 1 aromatic rings. The molecule has 2 unspecified atom stereocenters. The number of hydrogen-bond donors (Lipinski definition) is 0. The van der Waals surface area contributed by atoms with Crippen molar-refractivity contribution >= 4 is 23.1 Å². The maximum Gasteiger partial charge on any atom is 0.164 e. The second-order valence-electron chi connectivity index (χ2n) is 11.8. The molecule has 0 radical (unpaired) electrons. The zero-order valence-electron chi connectivity index (χ0n) is 23.4. The van der Waals surface area contributed by atoms with Gasteiger partial charge in [0, 0.05) is 6.42 Å². The van der Waals surface area contributed by atoms with Gasteiger partial charge in [-0.3, -0.25) is 19.2 Å². The lowest BCUT2D eigenvalue weighted by atomic mass is 9.57. The van der Waals surface area contributed by atoms with Crippen molar-refractivity contribution in [2.75, 3.05) is 7.11 Å². The number of ketones is 4. The molecule has 5 nitrogen and oxygen atoms in total. The van der Waals surface area contributed by atoms with Crippen molar-refractivity contribution in [2.24, 2.45) is 35.0 Å². The number of aryl methyl sites for hydroxylation is 1. The Balaban J connectivity index is 2.44. The summed E-state index contributed by atoms with van der Waals surface area (Å²) in [6.45, 7) is 12.4. The quantitative estimate of drug-likeness (QED) is 0.276. The van der Waals surface area contributed by atoms with Gasteiger partial charge in [0.05, 0.1) is 18.4 Å². The van der Waals surface area contributed by atoms with Crippen molar-refractivity contribution in [3.05, 3.63) is 29.8 Å². The van der Waals surface area contributed by atoms with E-state index in [-0.39, 0.29) is 18.0 Å². The molecule has 1 saturated carbocycles. The number of Topliss-reactive ketones (excluding diaryl/α,β-unsaturated/α-hetero) is 4. The van der Waals surface area contributed by atoms with Gasteiger partial charge < -0.3 is 4.74 Å². The van der Waals surface area contributed by atoms with E-state index in [0.29, 0.717) is 68.4 Å². The predicted octanol–water partition coefficient (Wildman–Crippen LogP) is 6.45. The van der Waals surface area contributed by atoms with Crippen LogP contribution in [0.5, 0.6) is 5.75 Å². The molecule has 0 saturated heterocycles. The Bertz CT molecular complexity index is 915. The minimum atomic E-state index is -1.34. The number of methoxy groups -OCH3 is 1. The largest absolute Gasteiger partial charge is 0.496 e. The summed E-state index contributed by atoms with van der Waals surface area (Å²) in [5.41, 5.74) is -0.378. The fraction of sp³-hybridized carbons (Fsp3) is 0.677. The number of ether oxygens (including phenoxy) is 1. The van der Waals surface area contributed by atoms with E-state index < -0.39 is 28.8 Å². The van der Waals surface area contributed by atoms with E-state index in [1.54, 1.807) is 7.11 Å². The second-order valence-corrected chi connectivity index (χ2v) is 11.8. The highest BCUT2D eigenvalue weighted by Crippen LogP contribution is 2.45. The van der Waals surface area contributed by atoms with Gasteiger partial charge in [0.15, 0.2) is 23.1 Å². The normalized spacial score (nSPS) is 20.0. The molecule has 1 fully saturated rings. The van der Waals surface area contributed by atoms with Gasteiger partial charge in [-0.25, -0.2) is 0 Å². The molecule has 0 aliphatic heterocycles. The van der Waals surface area contributed by atoms with Crippen LogP contribution in [0.1, 0.15) is 92.1 Å². The molecule has 0 spiro atoms. The van der Waals surface area contributed by atoms with Gasteiger partial charge in [0.2, 0.25) is 0 Å². The van der Waals surface area contributed by atoms with Gasteiger partial charge >= 0.3 is 0 Å². The number of carbonyl (C=O) groups excluding carboxylic acids is 4. The standard InChI is InChI=1S/C31H46O5/c1-20(2)12-14-24-28(33)27(25(32)15-13-23-10-8-9-11-26(23)36-7)30(35)31(29(24)34,18-16-21(3)4)19-17-22(5)6/h8-11,20-22,24,27H,12-19H2,1-7H3. The third kappa shape index (κ3) is 7.14. The molecule has 1 aliphatic carbocycles. The minimum Gasteiger partial charge on any atom is -0.496 e. The molecule has 1 aromatic carbocycles. The fourth-order valence-corrected chi connectivity index (χ4v) is 5.27. The van der Waals surface area contributed by atoms with E-state index in [0.717, 1.165) is 5.56 Å². The van der Waals surface area contributed by atoms with Crippen LogP contribution >= 0.6 is 0 Å². The van der Waals surface area contributed by atoms with Crippen molar-refractivity contribution in [3.63, 3.8) is 0 Å². The summed E-state index contributed by atoms with van der Waals surface area (Å²) in [6, 6.07) is 7.46. The first-order valence-corrected chi connectivity index (χ1v) is 13.7.